The number of benzene rings is 1. The van der Waals surface area contributed by atoms with Gasteiger partial charge in [-0.2, -0.15) is 0 Å². The van der Waals surface area contributed by atoms with E-state index in [0.29, 0.717) is 5.92 Å². The van der Waals surface area contributed by atoms with Gasteiger partial charge in [0.1, 0.15) is 5.57 Å². The van der Waals surface area contributed by atoms with Gasteiger partial charge in [-0.3, -0.25) is 19.8 Å². The highest BCUT2D eigenvalue weighted by Crippen LogP contribution is 2.43. The van der Waals surface area contributed by atoms with Crippen molar-refractivity contribution in [3.8, 4) is 0 Å². The van der Waals surface area contributed by atoms with Gasteiger partial charge in [-0.1, -0.05) is 13.0 Å². The summed E-state index contributed by atoms with van der Waals surface area (Å²) in [4.78, 5) is 28.3. The summed E-state index contributed by atoms with van der Waals surface area (Å²) in [5, 5.41) is 2.69. The molecule has 1 unspecified atom stereocenters. The molecule has 1 N–H and O–H groups in total. The molecule has 3 rings (SSSR count). The van der Waals surface area contributed by atoms with Gasteiger partial charge >= 0.3 is 0 Å². The molecule has 1 aromatic rings. The minimum absolute atomic E-state index is 0.109. The summed E-state index contributed by atoms with van der Waals surface area (Å²) < 4.78 is 0. The zero-order chi connectivity index (χ0) is 19.2. The predicted octanol–water partition coefficient (Wildman–Crippen LogP) is 3.06. The molecule has 1 atom stereocenters. The van der Waals surface area contributed by atoms with E-state index in [9.17, 15) is 9.59 Å². The Balaban J connectivity index is 2.02. The van der Waals surface area contributed by atoms with Crippen LogP contribution in [0.1, 0.15) is 51.2 Å². The molecule has 0 aromatic heterocycles. The van der Waals surface area contributed by atoms with E-state index in [1.807, 2.05) is 6.07 Å². The lowest BCUT2D eigenvalue weighted by molar-refractivity contribution is -0.128. The highest BCUT2D eigenvalue weighted by molar-refractivity contribution is 7.80. The standard InChI is InChI=1S/C20H25N3O2S/c1-6-23-16-8-7-13(9-14(16)12(2)11-20(23,3)4)10-15-17(24)21-19(26)22(5)18(15)25/h7-10,12H,6,11H2,1-5H3,(H,21,24,26)/b15-10-. The van der Waals surface area contributed by atoms with Crippen LogP contribution >= 0.6 is 12.2 Å². The van der Waals surface area contributed by atoms with Crippen molar-refractivity contribution in [2.24, 2.45) is 0 Å². The van der Waals surface area contributed by atoms with Crippen LogP contribution in [0.15, 0.2) is 23.8 Å². The smallest absolute Gasteiger partial charge is 0.265 e. The molecule has 0 aliphatic carbocycles. The molecule has 2 aliphatic rings. The number of fused-ring (bicyclic) bond motifs is 1. The summed E-state index contributed by atoms with van der Waals surface area (Å²) in [5.74, 6) is -0.409. The van der Waals surface area contributed by atoms with Crippen molar-refractivity contribution in [1.82, 2.24) is 10.2 Å². The number of hydrogen-bond donors (Lipinski definition) is 1. The van der Waals surface area contributed by atoms with E-state index in [2.05, 4.69) is 50.0 Å². The second kappa shape index (κ2) is 6.50. The number of carbonyl (C=O) groups excluding carboxylic acids is 2. The third-order valence-electron chi connectivity index (χ3n) is 5.34. The highest BCUT2D eigenvalue weighted by Gasteiger charge is 2.35. The highest BCUT2D eigenvalue weighted by atomic mass is 32.1. The van der Waals surface area contributed by atoms with Crippen molar-refractivity contribution in [3.63, 3.8) is 0 Å². The lowest BCUT2D eigenvalue weighted by atomic mass is 9.79. The van der Waals surface area contributed by atoms with Crippen LogP contribution in [-0.2, 0) is 9.59 Å². The molecule has 0 saturated carbocycles. The number of nitrogens with zero attached hydrogens (tertiary/aromatic N) is 2. The van der Waals surface area contributed by atoms with Gasteiger partial charge in [-0.25, -0.2) is 0 Å². The Morgan fingerprint density at radius 3 is 2.69 bits per heavy atom. The number of nitrogens with one attached hydrogen (secondary N) is 1. The first kappa shape index (κ1) is 18.6. The molecular weight excluding hydrogens is 346 g/mol. The summed E-state index contributed by atoms with van der Waals surface area (Å²) in [6.07, 6.45) is 2.71. The van der Waals surface area contributed by atoms with Crippen LogP contribution < -0.4 is 10.2 Å². The van der Waals surface area contributed by atoms with E-state index in [1.165, 1.54) is 16.2 Å². The molecule has 2 heterocycles. The number of amides is 2. The van der Waals surface area contributed by atoms with Crippen LogP contribution in [0, 0.1) is 0 Å². The third kappa shape index (κ3) is 3.03. The van der Waals surface area contributed by atoms with E-state index in [-0.39, 0.29) is 22.1 Å². The summed E-state index contributed by atoms with van der Waals surface area (Å²) >= 11 is 4.98. The van der Waals surface area contributed by atoms with Gasteiger partial charge in [0.2, 0.25) is 0 Å². The van der Waals surface area contributed by atoms with Gasteiger partial charge in [0.25, 0.3) is 11.8 Å². The van der Waals surface area contributed by atoms with Gasteiger partial charge in [0.15, 0.2) is 5.11 Å². The zero-order valence-electron chi connectivity index (χ0n) is 15.9. The Kier molecular flexibility index (Phi) is 4.65. The number of rotatable bonds is 2. The Bertz CT molecular complexity index is 828. The normalized spacial score (nSPS) is 24.0. The van der Waals surface area contributed by atoms with Crippen LogP contribution in [0.5, 0.6) is 0 Å². The van der Waals surface area contributed by atoms with Crippen molar-refractivity contribution in [3.05, 3.63) is 34.9 Å². The molecule has 5 nitrogen and oxygen atoms in total. The van der Waals surface area contributed by atoms with Gasteiger partial charge in [-0.15, -0.1) is 0 Å². The lowest BCUT2D eigenvalue weighted by Gasteiger charge is -2.47. The molecule has 26 heavy (non-hydrogen) atoms. The number of thiocarbonyl (C=S) groups is 1. The molecule has 1 fully saturated rings. The van der Waals surface area contributed by atoms with Crippen LogP contribution in [-0.4, -0.2) is 41.0 Å². The van der Waals surface area contributed by atoms with Crippen molar-refractivity contribution < 1.29 is 9.59 Å². The summed E-state index contributed by atoms with van der Waals surface area (Å²) in [6, 6.07) is 6.16. The Labute approximate surface area is 160 Å². The van der Waals surface area contributed by atoms with Crippen molar-refractivity contribution in [1.29, 1.82) is 0 Å². The van der Waals surface area contributed by atoms with Crippen molar-refractivity contribution >= 4 is 40.9 Å². The Morgan fingerprint density at radius 1 is 1.35 bits per heavy atom. The van der Waals surface area contributed by atoms with Crippen molar-refractivity contribution in [2.75, 3.05) is 18.5 Å². The van der Waals surface area contributed by atoms with E-state index >= 15 is 0 Å². The van der Waals surface area contributed by atoms with Crippen LogP contribution in [0.3, 0.4) is 0 Å². The SMILES string of the molecule is CCN1c2ccc(/C=C3/C(=O)NC(=S)N(C)C3=O)cc2C(C)CC1(C)C. The predicted molar refractivity (Wildman–Crippen MR) is 108 cm³/mol. The second-order valence-electron chi connectivity index (χ2n) is 7.66. The van der Waals surface area contributed by atoms with Crippen LogP contribution in [0.4, 0.5) is 5.69 Å². The average Bonchev–Trinajstić information content (AvgIpc) is 2.57. The molecule has 0 radical (unpaired) electrons. The number of hydrogen-bond acceptors (Lipinski definition) is 4. The fourth-order valence-electron chi connectivity index (χ4n) is 4.11. The Morgan fingerprint density at radius 2 is 2.04 bits per heavy atom. The fraction of sp³-hybridized carbons (Fsp3) is 0.450. The van der Waals surface area contributed by atoms with Gasteiger partial charge < -0.3 is 4.90 Å². The van der Waals surface area contributed by atoms with Gasteiger partial charge in [-0.05, 0) is 74.7 Å². The molecule has 138 valence electrons. The van der Waals surface area contributed by atoms with Crippen LogP contribution in [0.2, 0.25) is 0 Å². The first-order valence-electron chi connectivity index (χ1n) is 8.92. The number of anilines is 1. The number of likely N-dealkylation sites (N-methyl/N-ethyl adjacent to an activating group) is 1. The molecule has 6 heteroatoms. The summed E-state index contributed by atoms with van der Waals surface area (Å²) in [7, 11) is 1.56. The molecular formula is C20H25N3O2S. The fourth-order valence-corrected chi connectivity index (χ4v) is 4.29. The summed E-state index contributed by atoms with van der Waals surface area (Å²) in [6.45, 7) is 9.89. The molecule has 1 aromatic carbocycles. The molecule has 0 spiro atoms. The molecule has 2 aliphatic heterocycles. The van der Waals surface area contributed by atoms with Crippen LogP contribution in [0.25, 0.3) is 6.08 Å². The maximum atomic E-state index is 12.4. The molecule has 1 saturated heterocycles. The molecule has 2 amide bonds. The first-order chi connectivity index (χ1) is 12.2. The second-order valence-corrected chi connectivity index (χ2v) is 8.05. The molecule has 0 bridgehead atoms. The minimum atomic E-state index is -0.444. The maximum absolute atomic E-state index is 12.4. The maximum Gasteiger partial charge on any atom is 0.265 e. The quantitative estimate of drug-likeness (QED) is 0.493. The van der Waals surface area contributed by atoms with E-state index in [0.717, 1.165) is 18.5 Å². The largest absolute Gasteiger partial charge is 0.366 e. The third-order valence-corrected chi connectivity index (χ3v) is 5.72. The Hall–Kier alpha value is -2.21. The van der Waals surface area contributed by atoms with Crippen molar-refractivity contribution in [2.45, 2.75) is 45.6 Å². The van der Waals surface area contributed by atoms with E-state index < -0.39 is 5.91 Å². The monoisotopic (exact) mass is 371 g/mol. The first-order valence-corrected chi connectivity index (χ1v) is 9.33. The zero-order valence-corrected chi connectivity index (χ0v) is 16.7. The van der Waals surface area contributed by atoms with Gasteiger partial charge in [0, 0.05) is 24.8 Å². The van der Waals surface area contributed by atoms with Gasteiger partial charge in [0.05, 0.1) is 0 Å². The minimum Gasteiger partial charge on any atom is -0.366 e. The average molecular weight is 372 g/mol. The number of carbonyl (C=O) groups is 2. The van der Waals surface area contributed by atoms with E-state index in [1.54, 1.807) is 13.1 Å². The lowest BCUT2D eigenvalue weighted by Crippen LogP contribution is -2.52. The summed E-state index contributed by atoms with van der Waals surface area (Å²) in [5.41, 5.74) is 3.56. The topological polar surface area (TPSA) is 52.7 Å². The van der Waals surface area contributed by atoms with E-state index in [4.69, 9.17) is 12.2 Å².